The van der Waals surface area contributed by atoms with Crippen LogP contribution in [0.1, 0.15) is 21.5 Å². The molecule has 2 aromatic rings. The Kier molecular flexibility index (Phi) is 4.12. The number of halogens is 3. The van der Waals surface area contributed by atoms with E-state index in [2.05, 4.69) is 0 Å². The summed E-state index contributed by atoms with van der Waals surface area (Å²) in [5.41, 5.74) is 6.13. The molecule has 5 heteroatoms. The van der Waals surface area contributed by atoms with E-state index in [0.29, 0.717) is 0 Å². The van der Waals surface area contributed by atoms with Gasteiger partial charge in [0.1, 0.15) is 0 Å². The molecule has 108 valence electrons. The average Bonchev–Trinajstić information content (AvgIpc) is 2.45. The van der Waals surface area contributed by atoms with Crippen LogP contribution in [0.2, 0.25) is 0 Å². The zero-order valence-corrected chi connectivity index (χ0v) is 10.9. The van der Waals surface area contributed by atoms with Gasteiger partial charge in [0.25, 0.3) is 5.78 Å². The zero-order chi connectivity index (χ0) is 15.5. The molecule has 21 heavy (non-hydrogen) atoms. The number of nitrogens with two attached hydrogens (primary N) is 1. The third-order valence-electron chi connectivity index (χ3n) is 2.83. The minimum Gasteiger partial charge on any atom is -0.399 e. The van der Waals surface area contributed by atoms with Crippen molar-refractivity contribution in [2.45, 2.75) is 6.18 Å². The maximum Gasteiger partial charge on any atom is 0.454 e. The molecule has 0 aliphatic carbocycles. The fraction of sp³-hybridized carbons (Fsp3) is 0.0625. The van der Waals surface area contributed by atoms with Crippen molar-refractivity contribution >= 4 is 23.6 Å². The van der Waals surface area contributed by atoms with E-state index in [0.717, 1.165) is 11.6 Å². The first-order chi connectivity index (χ1) is 9.88. The molecule has 0 unspecified atom stereocenters. The topological polar surface area (TPSA) is 43.1 Å². The Morgan fingerprint density at radius 3 is 2.29 bits per heavy atom. The summed E-state index contributed by atoms with van der Waals surface area (Å²) in [6.07, 6.45) is -1.82. The van der Waals surface area contributed by atoms with E-state index in [1.54, 1.807) is 18.2 Å². The van der Waals surface area contributed by atoms with Crippen molar-refractivity contribution in [1.29, 1.82) is 0 Å². The molecule has 0 fully saturated rings. The molecule has 0 aliphatic rings. The molecule has 0 aromatic heterocycles. The molecule has 2 aromatic carbocycles. The molecular formula is C16H12F3NO. The molecule has 0 aliphatic heterocycles. The van der Waals surface area contributed by atoms with Crippen LogP contribution in [-0.4, -0.2) is 12.0 Å². The summed E-state index contributed by atoms with van der Waals surface area (Å²) >= 11 is 0. The Hall–Kier alpha value is -2.56. The van der Waals surface area contributed by atoms with E-state index in [4.69, 9.17) is 5.73 Å². The van der Waals surface area contributed by atoms with Gasteiger partial charge in [0.15, 0.2) is 0 Å². The van der Waals surface area contributed by atoms with Gasteiger partial charge in [-0.1, -0.05) is 48.6 Å². The van der Waals surface area contributed by atoms with Gasteiger partial charge in [-0.3, -0.25) is 4.79 Å². The van der Waals surface area contributed by atoms with Crippen molar-refractivity contribution in [3.63, 3.8) is 0 Å². The number of ketones is 1. The first-order valence-corrected chi connectivity index (χ1v) is 6.12. The standard InChI is InChI=1S/C16H12F3NO/c17-16(18,19)15(21)14-10-13(20)9-8-12(14)7-6-11-4-2-1-3-5-11/h1-10H,20H2. The van der Waals surface area contributed by atoms with Crippen LogP contribution in [0.15, 0.2) is 48.5 Å². The lowest BCUT2D eigenvalue weighted by Crippen LogP contribution is -2.23. The second kappa shape index (κ2) is 5.83. The third kappa shape index (κ3) is 3.72. The van der Waals surface area contributed by atoms with Crippen molar-refractivity contribution in [3.05, 3.63) is 65.2 Å². The second-order valence-corrected chi connectivity index (χ2v) is 4.42. The van der Waals surface area contributed by atoms with E-state index in [1.165, 1.54) is 18.2 Å². The lowest BCUT2D eigenvalue weighted by atomic mass is 10.0. The van der Waals surface area contributed by atoms with Crippen LogP contribution in [0, 0.1) is 0 Å². The number of Topliss-reactive ketones (excluding diaryl/α,β-unsaturated/α-hetero) is 1. The van der Waals surface area contributed by atoms with Crippen molar-refractivity contribution < 1.29 is 18.0 Å². The molecule has 0 heterocycles. The summed E-state index contributed by atoms with van der Waals surface area (Å²) in [6.45, 7) is 0. The molecule has 2 rings (SSSR count). The second-order valence-electron chi connectivity index (χ2n) is 4.42. The maximum absolute atomic E-state index is 12.6. The van der Waals surface area contributed by atoms with Gasteiger partial charge in [-0.25, -0.2) is 0 Å². The molecule has 0 radical (unpaired) electrons. The minimum atomic E-state index is -4.93. The average molecular weight is 291 g/mol. The van der Waals surface area contributed by atoms with E-state index in [1.807, 2.05) is 18.2 Å². The number of carbonyl (C=O) groups is 1. The van der Waals surface area contributed by atoms with E-state index in [9.17, 15) is 18.0 Å². The lowest BCUT2D eigenvalue weighted by molar-refractivity contribution is -0.0885. The van der Waals surface area contributed by atoms with E-state index >= 15 is 0 Å². The van der Waals surface area contributed by atoms with Crippen LogP contribution < -0.4 is 5.73 Å². The highest BCUT2D eigenvalue weighted by Gasteiger charge is 2.40. The first kappa shape index (κ1) is 14.8. The van der Waals surface area contributed by atoms with Crippen LogP contribution in [0.25, 0.3) is 12.2 Å². The van der Waals surface area contributed by atoms with Gasteiger partial charge < -0.3 is 5.73 Å². The number of alkyl halides is 3. The molecule has 2 nitrogen and oxygen atoms in total. The predicted octanol–water partition coefficient (Wildman–Crippen LogP) is 4.18. The molecule has 0 saturated carbocycles. The summed E-state index contributed by atoms with van der Waals surface area (Å²) < 4.78 is 37.8. The SMILES string of the molecule is Nc1ccc(C=Cc2ccccc2)c(C(=O)C(F)(F)F)c1. The molecule has 0 bridgehead atoms. The number of carbonyl (C=O) groups excluding carboxylic acids is 1. The summed E-state index contributed by atoms with van der Waals surface area (Å²) in [5.74, 6) is -1.90. The number of nitrogen functional groups attached to an aromatic ring is 1. The lowest BCUT2D eigenvalue weighted by Gasteiger charge is -2.09. The number of anilines is 1. The highest BCUT2D eigenvalue weighted by molar-refractivity contribution is 6.04. The Labute approximate surface area is 119 Å². The third-order valence-corrected chi connectivity index (χ3v) is 2.83. The van der Waals surface area contributed by atoms with Crippen LogP contribution in [-0.2, 0) is 0 Å². The number of rotatable bonds is 3. The fourth-order valence-electron chi connectivity index (χ4n) is 1.82. The Morgan fingerprint density at radius 2 is 1.67 bits per heavy atom. The van der Waals surface area contributed by atoms with Gasteiger partial charge in [-0.15, -0.1) is 0 Å². The summed E-state index contributed by atoms with van der Waals surface area (Å²) in [5, 5.41) is 0. The first-order valence-electron chi connectivity index (χ1n) is 6.12. The fourth-order valence-corrected chi connectivity index (χ4v) is 1.82. The van der Waals surface area contributed by atoms with E-state index in [-0.39, 0.29) is 11.3 Å². The Bertz CT molecular complexity index is 676. The Balaban J connectivity index is 2.40. The molecule has 0 atom stereocenters. The van der Waals surface area contributed by atoms with Crippen molar-refractivity contribution in [1.82, 2.24) is 0 Å². The summed E-state index contributed by atoms with van der Waals surface area (Å²) in [4.78, 5) is 11.4. The molecule has 2 N–H and O–H groups in total. The van der Waals surface area contributed by atoms with Crippen LogP contribution in [0.5, 0.6) is 0 Å². The quantitative estimate of drug-likeness (QED) is 0.523. The Morgan fingerprint density at radius 1 is 1.00 bits per heavy atom. The van der Waals surface area contributed by atoms with Gasteiger partial charge in [-0.05, 0) is 23.3 Å². The summed E-state index contributed by atoms with van der Waals surface area (Å²) in [6, 6.07) is 13.0. The summed E-state index contributed by atoms with van der Waals surface area (Å²) in [7, 11) is 0. The molecular weight excluding hydrogens is 279 g/mol. The molecule has 0 spiro atoms. The number of hydrogen-bond donors (Lipinski definition) is 1. The smallest absolute Gasteiger partial charge is 0.399 e. The van der Waals surface area contributed by atoms with Gasteiger partial charge in [0, 0.05) is 11.3 Å². The normalized spacial score (nSPS) is 11.8. The van der Waals surface area contributed by atoms with Gasteiger partial charge in [-0.2, -0.15) is 13.2 Å². The van der Waals surface area contributed by atoms with Crippen LogP contribution in [0.4, 0.5) is 18.9 Å². The van der Waals surface area contributed by atoms with Gasteiger partial charge in [0.2, 0.25) is 0 Å². The van der Waals surface area contributed by atoms with E-state index < -0.39 is 17.5 Å². The van der Waals surface area contributed by atoms with Crippen LogP contribution in [0.3, 0.4) is 0 Å². The monoisotopic (exact) mass is 291 g/mol. The molecule has 0 amide bonds. The van der Waals surface area contributed by atoms with Crippen molar-refractivity contribution in [2.75, 3.05) is 5.73 Å². The van der Waals surface area contributed by atoms with Gasteiger partial charge >= 0.3 is 6.18 Å². The highest BCUT2D eigenvalue weighted by Crippen LogP contribution is 2.26. The number of hydrogen-bond acceptors (Lipinski definition) is 2. The van der Waals surface area contributed by atoms with Gasteiger partial charge in [0.05, 0.1) is 0 Å². The highest BCUT2D eigenvalue weighted by atomic mass is 19.4. The zero-order valence-electron chi connectivity index (χ0n) is 10.9. The van der Waals surface area contributed by atoms with Crippen molar-refractivity contribution in [3.8, 4) is 0 Å². The van der Waals surface area contributed by atoms with Crippen LogP contribution >= 0.6 is 0 Å². The largest absolute Gasteiger partial charge is 0.454 e. The van der Waals surface area contributed by atoms with Crippen molar-refractivity contribution in [2.24, 2.45) is 0 Å². The molecule has 0 saturated heterocycles. The minimum absolute atomic E-state index is 0.111. The number of benzene rings is 2. The predicted molar refractivity (Wildman–Crippen MR) is 76.6 cm³/mol. The maximum atomic E-state index is 12.6.